The number of aromatic nitrogens is 2. The Morgan fingerprint density at radius 2 is 1.92 bits per heavy atom. The smallest absolute Gasteiger partial charge is 0.274 e. The Bertz CT molecular complexity index is 996. The lowest BCUT2D eigenvalue weighted by Crippen LogP contribution is -2.15. The second kappa shape index (κ2) is 7.64. The minimum Gasteiger partial charge on any atom is -0.324 e. The van der Waals surface area contributed by atoms with Crippen molar-refractivity contribution in [2.24, 2.45) is 0 Å². The van der Waals surface area contributed by atoms with Gasteiger partial charge in [-0.1, -0.05) is 17.7 Å². The Kier molecular flexibility index (Phi) is 5.11. The van der Waals surface area contributed by atoms with E-state index in [1.54, 1.807) is 36.4 Å². The van der Waals surface area contributed by atoms with Gasteiger partial charge >= 0.3 is 0 Å². The monoisotopic (exact) mass is 363 g/mol. The number of benzene rings is 2. The highest BCUT2D eigenvalue weighted by Gasteiger charge is 2.11. The van der Waals surface area contributed by atoms with Crippen molar-refractivity contribution in [3.63, 3.8) is 0 Å². The molecule has 0 radical (unpaired) electrons. The molecule has 7 heteroatoms. The van der Waals surface area contributed by atoms with Crippen molar-refractivity contribution in [3.8, 4) is 6.07 Å². The van der Waals surface area contributed by atoms with Gasteiger partial charge in [0.05, 0.1) is 11.6 Å². The van der Waals surface area contributed by atoms with Gasteiger partial charge in [-0.25, -0.2) is 9.97 Å². The topological polar surface area (TPSA) is 90.7 Å². The minimum absolute atomic E-state index is 0.218. The maximum absolute atomic E-state index is 12.5. The molecule has 3 rings (SSSR count). The standard InChI is InChI=1S/C19H14ClN5O/c1-12-2-5-14(20)10-17(12)24-18(26)16-8-9-22-19(25-16)23-15-6-3-13(11-21)4-7-15/h2-10H,1H3,(H,24,26)(H,22,23,25). The molecule has 0 aliphatic rings. The van der Waals surface area contributed by atoms with E-state index in [-0.39, 0.29) is 17.5 Å². The molecule has 0 aliphatic carbocycles. The molecule has 0 bridgehead atoms. The van der Waals surface area contributed by atoms with Crippen molar-refractivity contribution in [1.82, 2.24) is 9.97 Å². The number of amides is 1. The van der Waals surface area contributed by atoms with Crippen molar-refractivity contribution < 1.29 is 4.79 Å². The van der Waals surface area contributed by atoms with E-state index < -0.39 is 0 Å². The third-order valence-electron chi connectivity index (χ3n) is 3.61. The Balaban J connectivity index is 1.76. The molecule has 1 aromatic heterocycles. The van der Waals surface area contributed by atoms with Crippen molar-refractivity contribution >= 4 is 34.8 Å². The lowest BCUT2D eigenvalue weighted by Gasteiger charge is -2.09. The zero-order valence-corrected chi connectivity index (χ0v) is 14.6. The van der Waals surface area contributed by atoms with Crippen LogP contribution in [0.5, 0.6) is 0 Å². The van der Waals surface area contributed by atoms with Crippen LogP contribution in [0.4, 0.5) is 17.3 Å². The summed E-state index contributed by atoms with van der Waals surface area (Å²) >= 11 is 5.98. The summed E-state index contributed by atoms with van der Waals surface area (Å²) in [5, 5.41) is 15.2. The van der Waals surface area contributed by atoms with Gasteiger partial charge in [0.1, 0.15) is 5.69 Å². The molecule has 128 valence electrons. The third-order valence-corrected chi connectivity index (χ3v) is 3.84. The van der Waals surface area contributed by atoms with Crippen LogP contribution in [0.2, 0.25) is 5.02 Å². The van der Waals surface area contributed by atoms with Crippen LogP contribution in [0, 0.1) is 18.3 Å². The number of carbonyl (C=O) groups is 1. The average Bonchev–Trinajstić information content (AvgIpc) is 2.65. The predicted octanol–water partition coefficient (Wildman–Crippen LogP) is 4.31. The highest BCUT2D eigenvalue weighted by molar-refractivity contribution is 6.31. The molecular formula is C19H14ClN5O. The van der Waals surface area contributed by atoms with Gasteiger partial charge in [-0.2, -0.15) is 5.26 Å². The zero-order chi connectivity index (χ0) is 18.5. The van der Waals surface area contributed by atoms with Crippen LogP contribution >= 0.6 is 11.6 Å². The maximum Gasteiger partial charge on any atom is 0.274 e. The quantitative estimate of drug-likeness (QED) is 0.720. The number of hydrogen-bond acceptors (Lipinski definition) is 5. The van der Waals surface area contributed by atoms with E-state index in [2.05, 4.69) is 26.7 Å². The molecule has 0 spiro atoms. The zero-order valence-electron chi connectivity index (χ0n) is 13.8. The van der Waals surface area contributed by atoms with E-state index in [1.807, 2.05) is 13.0 Å². The van der Waals surface area contributed by atoms with Gasteiger partial charge in [-0.05, 0) is 55.0 Å². The van der Waals surface area contributed by atoms with E-state index >= 15 is 0 Å². The van der Waals surface area contributed by atoms with Crippen molar-refractivity contribution in [1.29, 1.82) is 5.26 Å². The number of anilines is 3. The summed E-state index contributed by atoms with van der Waals surface area (Å²) in [5.74, 6) is -0.0779. The Hall–Kier alpha value is -3.43. The van der Waals surface area contributed by atoms with Gasteiger partial charge in [0.15, 0.2) is 0 Å². The molecule has 26 heavy (non-hydrogen) atoms. The van der Waals surface area contributed by atoms with E-state index in [0.717, 1.165) is 5.56 Å². The molecule has 2 N–H and O–H groups in total. The molecule has 0 unspecified atom stereocenters. The first-order valence-corrected chi connectivity index (χ1v) is 8.11. The Labute approximate surface area is 155 Å². The maximum atomic E-state index is 12.5. The number of nitriles is 1. The van der Waals surface area contributed by atoms with Crippen LogP contribution in [0.3, 0.4) is 0 Å². The van der Waals surface area contributed by atoms with E-state index in [1.165, 1.54) is 12.3 Å². The summed E-state index contributed by atoms with van der Waals surface area (Å²) in [6.07, 6.45) is 1.50. The average molecular weight is 364 g/mol. The summed E-state index contributed by atoms with van der Waals surface area (Å²) in [4.78, 5) is 20.8. The number of halogens is 1. The lowest BCUT2D eigenvalue weighted by molar-refractivity contribution is 0.102. The number of nitrogens with zero attached hydrogens (tertiary/aromatic N) is 3. The molecule has 0 fully saturated rings. The molecule has 2 aromatic carbocycles. The molecule has 1 heterocycles. The Morgan fingerprint density at radius 1 is 1.15 bits per heavy atom. The summed E-state index contributed by atoms with van der Waals surface area (Å²) in [6, 6.07) is 15.7. The number of hydrogen-bond donors (Lipinski definition) is 2. The number of nitrogens with one attached hydrogen (secondary N) is 2. The molecule has 0 saturated heterocycles. The van der Waals surface area contributed by atoms with Crippen LogP contribution < -0.4 is 10.6 Å². The molecule has 0 saturated carbocycles. The summed E-state index contributed by atoms with van der Waals surface area (Å²) in [6.45, 7) is 1.88. The normalized spacial score (nSPS) is 10.0. The predicted molar refractivity (Wildman–Crippen MR) is 101 cm³/mol. The van der Waals surface area contributed by atoms with Crippen LogP contribution in [-0.4, -0.2) is 15.9 Å². The highest BCUT2D eigenvalue weighted by atomic mass is 35.5. The van der Waals surface area contributed by atoms with Crippen LogP contribution in [0.25, 0.3) is 0 Å². The summed E-state index contributed by atoms with van der Waals surface area (Å²) < 4.78 is 0. The van der Waals surface area contributed by atoms with E-state index in [4.69, 9.17) is 16.9 Å². The van der Waals surface area contributed by atoms with Gasteiger partial charge in [-0.3, -0.25) is 4.79 Å². The molecule has 3 aromatic rings. The van der Waals surface area contributed by atoms with E-state index in [0.29, 0.717) is 22.0 Å². The second-order valence-corrected chi connectivity index (χ2v) is 5.93. The Morgan fingerprint density at radius 3 is 2.65 bits per heavy atom. The van der Waals surface area contributed by atoms with Gasteiger partial charge in [0.2, 0.25) is 5.95 Å². The summed E-state index contributed by atoms with van der Waals surface area (Å²) in [7, 11) is 0. The fraction of sp³-hybridized carbons (Fsp3) is 0.0526. The van der Waals surface area contributed by atoms with Crippen LogP contribution in [0.1, 0.15) is 21.6 Å². The van der Waals surface area contributed by atoms with Gasteiger partial charge in [0, 0.05) is 22.6 Å². The SMILES string of the molecule is Cc1ccc(Cl)cc1NC(=O)c1ccnc(Nc2ccc(C#N)cc2)n1. The number of rotatable bonds is 4. The first-order chi connectivity index (χ1) is 12.5. The van der Waals surface area contributed by atoms with Crippen LogP contribution in [0.15, 0.2) is 54.7 Å². The lowest BCUT2D eigenvalue weighted by atomic mass is 10.2. The first-order valence-electron chi connectivity index (χ1n) is 7.73. The molecule has 6 nitrogen and oxygen atoms in total. The van der Waals surface area contributed by atoms with Crippen molar-refractivity contribution in [2.75, 3.05) is 10.6 Å². The fourth-order valence-electron chi connectivity index (χ4n) is 2.22. The summed E-state index contributed by atoms with van der Waals surface area (Å²) in [5.41, 5.74) is 3.01. The van der Waals surface area contributed by atoms with Crippen molar-refractivity contribution in [3.05, 3.63) is 76.6 Å². The van der Waals surface area contributed by atoms with Gasteiger partial charge in [0.25, 0.3) is 5.91 Å². The van der Waals surface area contributed by atoms with E-state index in [9.17, 15) is 4.79 Å². The van der Waals surface area contributed by atoms with Gasteiger partial charge < -0.3 is 10.6 Å². The second-order valence-electron chi connectivity index (χ2n) is 5.49. The highest BCUT2D eigenvalue weighted by Crippen LogP contribution is 2.21. The fourth-order valence-corrected chi connectivity index (χ4v) is 2.39. The molecular weight excluding hydrogens is 350 g/mol. The van der Waals surface area contributed by atoms with Crippen LogP contribution in [-0.2, 0) is 0 Å². The largest absolute Gasteiger partial charge is 0.324 e. The van der Waals surface area contributed by atoms with Gasteiger partial charge in [-0.15, -0.1) is 0 Å². The number of carbonyl (C=O) groups excluding carboxylic acids is 1. The minimum atomic E-state index is -0.361. The third kappa shape index (κ3) is 4.15. The van der Waals surface area contributed by atoms with Crippen molar-refractivity contribution in [2.45, 2.75) is 6.92 Å². The molecule has 0 atom stereocenters. The molecule has 0 aliphatic heterocycles. The first kappa shape index (κ1) is 17.4. The number of aryl methyl sites for hydroxylation is 1. The molecule has 1 amide bonds.